The summed E-state index contributed by atoms with van der Waals surface area (Å²) in [6.45, 7) is 0.692. The van der Waals surface area contributed by atoms with Gasteiger partial charge in [-0.25, -0.2) is 0 Å². The van der Waals surface area contributed by atoms with Gasteiger partial charge in [-0.1, -0.05) is 6.07 Å². The van der Waals surface area contributed by atoms with Crippen LogP contribution in [0.5, 0.6) is 0 Å². The average Bonchev–Trinajstić information content (AvgIpc) is 3.19. The van der Waals surface area contributed by atoms with Gasteiger partial charge >= 0.3 is 19.2 Å². The van der Waals surface area contributed by atoms with Crippen molar-refractivity contribution in [1.29, 1.82) is 0 Å². The minimum atomic E-state index is -4.91. The van der Waals surface area contributed by atoms with E-state index in [4.69, 9.17) is 0 Å². The number of halogens is 3. The summed E-state index contributed by atoms with van der Waals surface area (Å²) in [6.07, 6.45) is -3.26. The smallest absolute Gasteiger partial charge is 0.423 e. The Hall–Kier alpha value is -2.40. The number of alkyl halides is 3. The van der Waals surface area contributed by atoms with Crippen LogP contribution in [0.3, 0.4) is 0 Å². The third kappa shape index (κ3) is 3.39. The van der Waals surface area contributed by atoms with E-state index in [1.54, 1.807) is 4.90 Å². The Labute approximate surface area is 170 Å². The number of fused-ring (bicyclic) bond motifs is 2. The van der Waals surface area contributed by atoms with E-state index in [-0.39, 0.29) is 53.3 Å². The van der Waals surface area contributed by atoms with Crippen molar-refractivity contribution >= 4 is 30.7 Å². The second-order valence-electron chi connectivity index (χ2n) is 8.23. The van der Waals surface area contributed by atoms with E-state index in [1.807, 2.05) is 0 Å². The lowest BCUT2D eigenvalue weighted by Crippen LogP contribution is -2.61. The second kappa shape index (κ2) is 7.38. The zero-order chi connectivity index (χ0) is 21.8. The van der Waals surface area contributed by atoms with Crippen LogP contribution >= 0.6 is 0 Å². The number of piperidine rings is 2. The topological polar surface area (TPSA) is 98.2 Å². The Morgan fingerprint density at radius 3 is 2.43 bits per heavy atom. The van der Waals surface area contributed by atoms with E-state index < -0.39 is 25.2 Å². The van der Waals surface area contributed by atoms with Crippen LogP contribution in [0.15, 0.2) is 18.2 Å². The molecule has 2 bridgehead atoms. The van der Waals surface area contributed by atoms with Gasteiger partial charge in [-0.3, -0.25) is 14.4 Å². The molecule has 0 radical (unpaired) electrons. The Bertz CT molecular complexity index is 893. The molecule has 0 aromatic heterocycles. The van der Waals surface area contributed by atoms with Gasteiger partial charge in [0.25, 0.3) is 5.91 Å². The normalized spacial score (nSPS) is 27.8. The second-order valence-corrected chi connectivity index (χ2v) is 8.23. The highest BCUT2D eigenvalue weighted by atomic mass is 19.4. The standard InChI is InChI=1S/C19H20BF3N2O5/c21-19(22,23)18(28)25-6-11-2-4-16(25)14-8-24(7-13(11)14)17(27)10-1-3-15(20(29)30)12(5-10)9-26/h1,3,5,9,11,13-14,16,29-30H,2,4,6-8H2. The SMILES string of the molecule is O=Cc1cc(C(=O)N2CC3C4CCC(C3C2)N(C(=O)C(F)(F)F)C4)ccc1B(O)O. The number of aldehydes is 1. The number of carbonyl (C=O) groups excluding carboxylic acids is 3. The van der Waals surface area contributed by atoms with Gasteiger partial charge in [-0.15, -0.1) is 0 Å². The first-order chi connectivity index (χ1) is 14.1. The summed E-state index contributed by atoms with van der Waals surface area (Å²) in [5.41, 5.74) is 0.154. The molecule has 0 spiro atoms. The van der Waals surface area contributed by atoms with Gasteiger partial charge in [0, 0.05) is 42.7 Å². The highest BCUT2D eigenvalue weighted by molar-refractivity contribution is 6.60. The molecule has 2 amide bonds. The maximum absolute atomic E-state index is 13.0. The molecule has 11 heteroatoms. The van der Waals surface area contributed by atoms with Crippen LogP contribution in [0.25, 0.3) is 0 Å². The van der Waals surface area contributed by atoms with Crippen LogP contribution in [0, 0.1) is 17.8 Å². The Kier molecular flexibility index (Phi) is 5.13. The van der Waals surface area contributed by atoms with E-state index in [0.717, 1.165) is 11.3 Å². The molecule has 7 nitrogen and oxygen atoms in total. The molecular formula is C19H20BF3N2O5. The molecule has 1 aliphatic carbocycles. The molecule has 3 heterocycles. The van der Waals surface area contributed by atoms with Crippen LogP contribution < -0.4 is 5.46 Å². The van der Waals surface area contributed by atoms with Crippen LogP contribution in [0.4, 0.5) is 13.2 Å². The van der Waals surface area contributed by atoms with Crippen molar-refractivity contribution in [2.75, 3.05) is 19.6 Å². The molecule has 4 aliphatic rings. The van der Waals surface area contributed by atoms with Crippen molar-refractivity contribution in [3.63, 3.8) is 0 Å². The number of carbonyl (C=O) groups is 3. The summed E-state index contributed by atoms with van der Waals surface area (Å²) in [6, 6.07) is 3.42. The molecule has 2 N–H and O–H groups in total. The van der Waals surface area contributed by atoms with Crippen molar-refractivity contribution in [2.45, 2.75) is 25.1 Å². The highest BCUT2D eigenvalue weighted by Gasteiger charge is 2.56. The lowest BCUT2D eigenvalue weighted by molar-refractivity contribution is -0.196. The third-order valence-corrected chi connectivity index (χ3v) is 6.71. The van der Waals surface area contributed by atoms with Gasteiger partial charge in [-0.05, 0) is 42.3 Å². The summed E-state index contributed by atoms with van der Waals surface area (Å²) < 4.78 is 38.9. The van der Waals surface area contributed by atoms with E-state index in [0.29, 0.717) is 19.3 Å². The first kappa shape index (κ1) is 20.9. The van der Waals surface area contributed by atoms with Gasteiger partial charge in [0.2, 0.25) is 0 Å². The zero-order valence-electron chi connectivity index (χ0n) is 15.9. The van der Waals surface area contributed by atoms with Crippen molar-refractivity contribution in [3.8, 4) is 0 Å². The fourth-order valence-electron chi connectivity index (χ4n) is 5.36. The molecule has 1 aromatic rings. The Balaban J connectivity index is 1.54. The van der Waals surface area contributed by atoms with Gasteiger partial charge in [0.05, 0.1) is 0 Å². The molecule has 5 rings (SSSR count). The number of hydrogen-bond acceptors (Lipinski definition) is 5. The maximum atomic E-state index is 13.0. The monoisotopic (exact) mass is 424 g/mol. The van der Waals surface area contributed by atoms with Crippen LogP contribution in [0.2, 0.25) is 0 Å². The molecule has 4 atom stereocenters. The van der Waals surface area contributed by atoms with Crippen molar-refractivity contribution in [3.05, 3.63) is 29.3 Å². The Morgan fingerprint density at radius 1 is 1.10 bits per heavy atom. The van der Waals surface area contributed by atoms with E-state index in [9.17, 15) is 37.6 Å². The molecule has 3 saturated heterocycles. The lowest BCUT2D eigenvalue weighted by Gasteiger charge is -2.51. The summed E-state index contributed by atoms with van der Waals surface area (Å²) in [5.74, 6) is -2.44. The Morgan fingerprint density at radius 2 is 1.80 bits per heavy atom. The molecule has 3 aliphatic heterocycles. The largest absolute Gasteiger partial charge is 0.489 e. The first-order valence-corrected chi connectivity index (χ1v) is 9.74. The minimum Gasteiger partial charge on any atom is -0.423 e. The van der Waals surface area contributed by atoms with E-state index >= 15 is 0 Å². The molecule has 30 heavy (non-hydrogen) atoms. The molecule has 4 fully saturated rings. The summed E-state index contributed by atoms with van der Waals surface area (Å²) in [5, 5.41) is 18.6. The number of likely N-dealkylation sites (tertiary alicyclic amines) is 1. The fraction of sp³-hybridized carbons (Fsp3) is 0.526. The van der Waals surface area contributed by atoms with Crippen molar-refractivity contribution < 1.29 is 37.6 Å². The van der Waals surface area contributed by atoms with Crippen LogP contribution in [0.1, 0.15) is 33.6 Å². The number of nitrogens with zero attached hydrogens (tertiary/aromatic N) is 2. The maximum Gasteiger partial charge on any atom is 0.489 e. The van der Waals surface area contributed by atoms with Gasteiger partial charge in [-0.2, -0.15) is 13.2 Å². The molecule has 1 aromatic carbocycles. The molecule has 4 unspecified atom stereocenters. The highest BCUT2D eigenvalue weighted by Crippen LogP contribution is 2.48. The number of benzene rings is 1. The van der Waals surface area contributed by atoms with E-state index in [2.05, 4.69) is 0 Å². The molecular weight excluding hydrogens is 404 g/mol. The quantitative estimate of drug-likeness (QED) is 0.528. The average molecular weight is 424 g/mol. The van der Waals surface area contributed by atoms with Crippen LogP contribution in [-0.4, -0.2) is 76.9 Å². The van der Waals surface area contributed by atoms with E-state index in [1.165, 1.54) is 18.2 Å². The third-order valence-electron chi connectivity index (χ3n) is 6.71. The van der Waals surface area contributed by atoms with Crippen LogP contribution in [-0.2, 0) is 4.79 Å². The van der Waals surface area contributed by atoms with Gasteiger partial charge in [0.15, 0.2) is 0 Å². The number of rotatable bonds is 3. The zero-order valence-corrected chi connectivity index (χ0v) is 15.9. The van der Waals surface area contributed by atoms with Crippen molar-refractivity contribution in [1.82, 2.24) is 9.80 Å². The number of hydrogen-bond donors (Lipinski definition) is 2. The summed E-state index contributed by atoms with van der Waals surface area (Å²) >= 11 is 0. The first-order valence-electron chi connectivity index (χ1n) is 9.74. The van der Waals surface area contributed by atoms with Crippen molar-refractivity contribution in [2.24, 2.45) is 17.8 Å². The molecule has 1 saturated carbocycles. The van der Waals surface area contributed by atoms with Gasteiger partial charge < -0.3 is 19.8 Å². The predicted octanol–water partition coefficient (Wildman–Crippen LogP) is 0.0502. The lowest BCUT2D eigenvalue weighted by atomic mass is 9.66. The summed E-state index contributed by atoms with van der Waals surface area (Å²) in [4.78, 5) is 38.5. The fourth-order valence-corrected chi connectivity index (χ4v) is 5.36. The minimum absolute atomic E-state index is 0.0176. The van der Waals surface area contributed by atoms with Gasteiger partial charge in [0.1, 0.15) is 6.29 Å². The molecule has 160 valence electrons. The predicted molar refractivity (Wildman–Crippen MR) is 98.8 cm³/mol. The summed E-state index contributed by atoms with van der Waals surface area (Å²) in [7, 11) is -1.85. The number of amides is 2.